The van der Waals surface area contributed by atoms with Crippen LogP contribution in [0.25, 0.3) is 0 Å². The number of hydrogen-bond donors (Lipinski definition) is 0. The Morgan fingerprint density at radius 1 is 1.19 bits per heavy atom. The van der Waals surface area contributed by atoms with Gasteiger partial charge in [-0.2, -0.15) is 0 Å². The van der Waals surface area contributed by atoms with Crippen molar-refractivity contribution in [3.8, 4) is 0 Å². The normalized spacial score (nSPS) is 21.9. The fourth-order valence-electron chi connectivity index (χ4n) is 3.98. The highest BCUT2D eigenvalue weighted by Gasteiger charge is 2.26. The van der Waals surface area contributed by atoms with Crippen molar-refractivity contribution in [2.45, 2.75) is 32.2 Å². The third-order valence-electron chi connectivity index (χ3n) is 5.50. The molecule has 0 bridgehead atoms. The van der Waals surface area contributed by atoms with Crippen molar-refractivity contribution < 1.29 is 4.74 Å². The summed E-state index contributed by atoms with van der Waals surface area (Å²) in [7, 11) is 2.11. The van der Waals surface area contributed by atoms with Crippen molar-refractivity contribution in [1.82, 2.24) is 24.6 Å². The molecule has 7 heteroatoms. The molecular formula is C19H28N6O. The molecule has 0 radical (unpaired) electrons. The molecule has 2 saturated heterocycles. The molecule has 1 unspecified atom stereocenters. The van der Waals surface area contributed by atoms with E-state index in [1.165, 1.54) is 18.5 Å². The largest absolute Gasteiger partial charge is 0.379 e. The summed E-state index contributed by atoms with van der Waals surface area (Å²) in [5, 5.41) is 9.07. The first kappa shape index (κ1) is 17.4. The Morgan fingerprint density at radius 3 is 2.85 bits per heavy atom. The van der Waals surface area contributed by atoms with E-state index in [0.29, 0.717) is 5.92 Å². The number of anilines is 1. The van der Waals surface area contributed by atoms with E-state index in [4.69, 9.17) is 4.74 Å². The quantitative estimate of drug-likeness (QED) is 0.832. The average molecular weight is 356 g/mol. The van der Waals surface area contributed by atoms with Gasteiger partial charge in [0.2, 0.25) is 0 Å². The van der Waals surface area contributed by atoms with Crippen LogP contribution in [0.1, 0.15) is 36.1 Å². The summed E-state index contributed by atoms with van der Waals surface area (Å²) in [6.07, 6.45) is 4.25. The molecule has 140 valence electrons. The monoisotopic (exact) mass is 356 g/mol. The second-order valence-electron chi connectivity index (χ2n) is 7.36. The Bertz CT molecular complexity index is 739. The van der Waals surface area contributed by atoms with E-state index < -0.39 is 0 Å². The van der Waals surface area contributed by atoms with Gasteiger partial charge in [-0.05, 0) is 31.9 Å². The molecule has 7 nitrogen and oxygen atoms in total. The van der Waals surface area contributed by atoms with Crippen LogP contribution in [0.4, 0.5) is 5.69 Å². The first-order valence-corrected chi connectivity index (χ1v) is 9.56. The smallest absolute Gasteiger partial charge is 0.146 e. The first-order chi connectivity index (χ1) is 12.7. The van der Waals surface area contributed by atoms with Gasteiger partial charge in [0.15, 0.2) is 0 Å². The maximum Gasteiger partial charge on any atom is 0.146 e. The number of morpholine rings is 1. The Balaban J connectivity index is 1.46. The summed E-state index contributed by atoms with van der Waals surface area (Å²) in [6, 6.07) is 4.28. The van der Waals surface area contributed by atoms with Crippen molar-refractivity contribution in [2.24, 2.45) is 7.05 Å². The van der Waals surface area contributed by atoms with Gasteiger partial charge in [-0.25, -0.2) is 0 Å². The summed E-state index contributed by atoms with van der Waals surface area (Å²) in [6.45, 7) is 8.56. The van der Waals surface area contributed by atoms with E-state index >= 15 is 0 Å². The summed E-state index contributed by atoms with van der Waals surface area (Å²) >= 11 is 0. The number of hydrogen-bond acceptors (Lipinski definition) is 6. The number of aromatic nitrogens is 4. The van der Waals surface area contributed by atoms with E-state index in [1.807, 2.05) is 13.1 Å². The Labute approximate surface area is 155 Å². The van der Waals surface area contributed by atoms with E-state index in [2.05, 4.69) is 48.7 Å². The Kier molecular flexibility index (Phi) is 5.17. The zero-order chi connectivity index (χ0) is 17.9. The van der Waals surface area contributed by atoms with Crippen LogP contribution in [0.3, 0.4) is 0 Å². The molecule has 2 aliphatic heterocycles. The van der Waals surface area contributed by atoms with Gasteiger partial charge in [0.05, 0.1) is 19.8 Å². The van der Waals surface area contributed by atoms with Crippen molar-refractivity contribution >= 4 is 5.69 Å². The van der Waals surface area contributed by atoms with E-state index in [9.17, 15) is 0 Å². The van der Waals surface area contributed by atoms with Gasteiger partial charge in [-0.3, -0.25) is 9.88 Å². The molecule has 0 N–H and O–H groups in total. The Hall–Kier alpha value is -1.99. The first-order valence-electron chi connectivity index (χ1n) is 9.56. The van der Waals surface area contributed by atoms with E-state index in [1.54, 1.807) is 0 Å². The van der Waals surface area contributed by atoms with Crippen LogP contribution < -0.4 is 4.90 Å². The van der Waals surface area contributed by atoms with Gasteiger partial charge in [0.25, 0.3) is 0 Å². The molecule has 0 spiro atoms. The SMILES string of the molecule is Cc1cc(N2CCCC(c3nnc(CN4CCOCC4)n3C)C2)ccn1. The van der Waals surface area contributed by atoms with Crippen LogP contribution in [0, 0.1) is 6.92 Å². The molecule has 2 fully saturated rings. The number of ether oxygens (including phenoxy) is 1. The minimum atomic E-state index is 0.424. The van der Waals surface area contributed by atoms with Crippen LogP contribution >= 0.6 is 0 Å². The summed E-state index contributed by atoms with van der Waals surface area (Å²) in [5.41, 5.74) is 2.33. The molecular weight excluding hydrogens is 328 g/mol. The minimum absolute atomic E-state index is 0.424. The molecule has 0 aliphatic carbocycles. The van der Waals surface area contributed by atoms with Gasteiger partial charge < -0.3 is 14.2 Å². The number of rotatable bonds is 4. The fraction of sp³-hybridized carbons (Fsp3) is 0.632. The minimum Gasteiger partial charge on any atom is -0.379 e. The summed E-state index contributed by atoms with van der Waals surface area (Å²) < 4.78 is 7.65. The summed E-state index contributed by atoms with van der Waals surface area (Å²) in [4.78, 5) is 9.17. The zero-order valence-electron chi connectivity index (χ0n) is 15.8. The topological polar surface area (TPSA) is 59.3 Å². The third kappa shape index (κ3) is 3.73. The maximum atomic E-state index is 5.44. The van der Waals surface area contributed by atoms with E-state index in [0.717, 1.165) is 63.3 Å². The van der Waals surface area contributed by atoms with Crippen molar-refractivity contribution in [3.05, 3.63) is 35.7 Å². The molecule has 0 saturated carbocycles. The lowest BCUT2D eigenvalue weighted by Gasteiger charge is -2.34. The molecule has 2 aromatic heterocycles. The second kappa shape index (κ2) is 7.72. The predicted molar refractivity (Wildman–Crippen MR) is 100 cm³/mol. The lowest BCUT2D eigenvalue weighted by Crippen LogP contribution is -2.37. The third-order valence-corrected chi connectivity index (χ3v) is 5.50. The number of aryl methyl sites for hydroxylation is 1. The van der Waals surface area contributed by atoms with Gasteiger partial charge in [-0.1, -0.05) is 0 Å². The standard InChI is InChI=1S/C19H28N6O/c1-15-12-17(5-6-20-15)25-7-3-4-16(13-25)19-22-21-18(23(19)2)14-24-8-10-26-11-9-24/h5-6,12,16H,3-4,7-11,13-14H2,1-2H3. The second-order valence-corrected chi connectivity index (χ2v) is 7.36. The van der Waals surface area contributed by atoms with Crippen molar-refractivity contribution in [2.75, 3.05) is 44.3 Å². The molecule has 0 amide bonds. The maximum absolute atomic E-state index is 5.44. The highest BCUT2D eigenvalue weighted by molar-refractivity contribution is 5.47. The van der Waals surface area contributed by atoms with Crippen LogP contribution in [-0.4, -0.2) is 64.0 Å². The highest BCUT2D eigenvalue weighted by Crippen LogP contribution is 2.29. The van der Waals surface area contributed by atoms with Crippen molar-refractivity contribution in [3.63, 3.8) is 0 Å². The van der Waals surface area contributed by atoms with Gasteiger partial charge in [0.1, 0.15) is 11.6 Å². The van der Waals surface area contributed by atoms with Crippen LogP contribution in [-0.2, 0) is 18.3 Å². The molecule has 1 atom stereocenters. The summed E-state index contributed by atoms with van der Waals surface area (Å²) in [5.74, 6) is 2.59. The predicted octanol–water partition coefficient (Wildman–Crippen LogP) is 1.73. The average Bonchev–Trinajstić information content (AvgIpc) is 3.03. The van der Waals surface area contributed by atoms with E-state index in [-0.39, 0.29) is 0 Å². The fourth-order valence-corrected chi connectivity index (χ4v) is 3.98. The van der Waals surface area contributed by atoms with Gasteiger partial charge in [-0.15, -0.1) is 10.2 Å². The molecule has 0 aromatic carbocycles. The number of nitrogens with zero attached hydrogens (tertiary/aromatic N) is 6. The Morgan fingerprint density at radius 2 is 2.04 bits per heavy atom. The van der Waals surface area contributed by atoms with Crippen LogP contribution in [0.5, 0.6) is 0 Å². The molecule has 2 aromatic rings. The number of pyridine rings is 1. The van der Waals surface area contributed by atoms with Crippen LogP contribution in [0.2, 0.25) is 0 Å². The molecule has 4 rings (SSSR count). The highest BCUT2D eigenvalue weighted by atomic mass is 16.5. The molecule has 2 aliphatic rings. The number of piperidine rings is 1. The van der Waals surface area contributed by atoms with Gasteiger partial charge >= 0.3 is 0 Å². The van der Waals surface area contributed by atoms with Crippen LogP contribution in [0.15, 0.2) is 18.3 Å². The van der Waals surface area contributed by atoms with Crippen molar-refractivity contribution in [1.29, 1.82) is 0 Å². The van der Waals surface area contributed by atoms with Gasteiger partial charge in [0, 0.05) is 56.7 Å². The lowest BCUT2D eigenvalue weighted by molar-refractivity contribution is 0.0326. The lowest BCUT2D eigenvalue weighted by atomic mass is 9.96. The molecule has 4 heterocycles. The molecule has 26 heavy (non-hydrogen) atoms. The zero-order valence-corrected chi connectivity index (χ0v) is 15.8.